The maximum Gasteiger partial charge on any atom is 0.335 e. The van der Waals surface area contributed by atoms with Crippen LogP contribution < -0.4 is 10.2 Å². The molecule has 1 aromatic heterocycles. The molecule has 3 aromatic rings. The number of hydrogen-bond acceptors (Lipinski definition) is 5. The molecule has 6 nitrogen and oxygen atoms in total. The summed E-state index contributed by atoms with van der Waals surface area (Å²) in [7, 11) is 0. The summed E-state index contributed by atoms with van der Waals surface area (Å²) >= 11 is 0. The highest BCUT2D eigenvalue weighted by Gasteiger charge is 2.09. The molecule has 2 aromatic carbocycles. The van der Waals surface area contributed by atoms with E-state index in [4.69, 9.17) is 14.3 Å². The van der Waals surface area contributed by atoms with Crippen LogP contribution in [0.5, 0.6) is 5.75 Å². The molecule has 27 heavy (non-hydrogen) atoms. The molecule has 2 N–H and O–H groups in total. The van der Waals surface area contributed by atoms with E-state index in [2.05, 4.69) is 0 Å². The Kier molecular flexibility index (Phi) is 5.38. The molecular weight excluding hydrogens is 348 g/mol. The minimum atomic E-state index is -1.10. The van der Waals surface area contributed by atoms with Gasteiger partial charge >= 0.3 is 5.97 Å². The van der Waals surface area contributed by atoms with E-state index < -0.39 is 12.1 Å². The number of carboxylic acids is 1. The molecular formula is C21H18O6. The number of hydrogen-bond donors (Lipinski definition) is 2. The summed E-state index contributed by atoms with van der Waals surface area (Å²) in [6, 6.07) is 12.8. The minimum Gasteiger partial charge on any atom is -0.490 e. The second kappa shape index (κ2) is 7.88. The van der Waals surface area contributed by atoms with Crippen LogP contribution >= 0.6 is 0 Å². The van der Waals surface area contributed by atoms with Crippen LogP contribution in [0.25, 0.3) is 23.1 Å². The van der Waals surface area contributed by atoms with Gasteiger partial charge in [0.1, 0.15) is 23.7 Å². The third kappa shape index (κ3) is 4.43. The molecule has 0 radical (unpaired) electrons. The molecule has 0 bridgehead atoms. The van der Waals surface area contributed by atoms with Crippen LogP contribution in [-0.4, -0.2) is 28.9 Å². The van der Waals surface area contributed by atoms with Crippen LogP contribution in [-0.2, 0) is 0 Å². The average Bonchev–Trinajstić information content (AvgIpc) is 2.65. The van der Waals surface area contributed by atoms with Crippen molar-refractivity contribution in [3.63, 3.8) is 0 Å². The molecule has 0 saturated carbocycles. The lowest BCUT2D eigenvalue weighted by Gasteiger charge is -2.10. The van der Waals surface area contributed by atoms with E-state index in [1.165, 1.54) is 24.3 Å². The summed E-state index contributed by atoms with van der Waals surface area (Å²) in [5.41, 5.74) is 0.785. The Morgan fingerprint density at radius 2 is 1.96 bits per heavy atom. The van der Waals surface area contributed by atoms with Crippen LogP contribution in [0, 0.1) is 0 Å². The standard InChI is InChI=1S/C21H18O6/c1-13(22)12-26-19-5-3-2-4-14(19)6-8-16-11-18(23)17-10-15(21(24)25)7-9-20(17)27-16/h2-11,13,22H,12H2,1H3,(H,24,25). The van der Waals surface area contributed by atoms with Crippen molar-refractivity contribution in [2.75, 3.05) is 6.61 Å². The van der Waals surface area contributed by atoms with Gasteiger partial charge in [-0.25, -0.2) is 4.79 Å². The summed E-state index contributed by atoms with van der Waals surface area (Å²) in [4.78, 5) is 23.3. The monoisotopic (exact) mass is 366 g/mol. The predicted octanol–water partition coefficient (Wildman–Crippen LogP) is 3.42. The van der Waals surface area contributed by atoms with Crippen molar-refractivity contribution in [2.45, 2.75) is 13.0 Å². The third-order valence-corrected chi connectivity index (χ3v) is 3.82. The number of carboxylic acid groups (broad SMARTS) is 1. The van der Waals surface area contributed by atoms with Gasteiger partial charge in [0, 0.05) is 11.6 Å². The summed E-state index contributed by atoms with van der Waals surface area (Å²) in [6.45, 7) is 1.81. The zero-order chi connectivity index (χ0) is 19.4. The van der Waals surface area contributed by atoms with Gasteiger partial charge in [-0.05, 0) is 43.3 Å². The fourth-order valence-electron chi connectivity index (χ4n) is 2.52. The van der Waals surface area contributed by atoms with Crippen molar-refractivity contribution in [1.29, 1.82) is 0 Å². The smallest absolute Gasteiger partial charge is 0.335 e. The molecule has 0 aliphatic carbocycles. The van der Waals surface area contributed by atoms with Crippen LogP contribution in [0.2, 0.25) is 0 Å². The molecule has 0 amide bonds. The summed E-state index contributed by atoms with van der Waals surface area (Å²) in [5.74, 6) is -0.168. The normalized spacial score (nSPS) is 12.4. The van der Waals surface area contributed by atoms with E-state index in [0.717, 1.165) is 5.56 Å². The van der Waals surface area contributed by atoms with Gasteiger partial charge in [-0.15, -0.1) is 0 Å². The van der Waals surface area contributed by atoms with Crippen molar-refractivity contribution in [3.8, 4) is 5.75 Å². The molecule has 0 aliphatic heterocycles. The number of aromatic carboxylic acids is 1. The van der Waals surface area contributed by atoms with E-state index in [9.17, 15) is 14.7 Å². The minimum absolute atomic E-state index is 0.0299. The van der Waals surface area contributed by atoms with Crippen molar-refractivity contribution < 1.29 is 24.2 Å². The van der Waals surface area contributed by atoms with Crippen LogP contribution in [0.1, 0.15) is 28.6 Å². The summed E-state index contributed by atoms with van der Waals surface area (Å²) in [5, 5.41) is 18.6. The number of para-hydroxylation sites is 1. The van der Waals surface area contributed by atoms with E-state index in [0.29, 0.717) is 17.1 Å². The van der Waals surface area contributed by atoms with Gasteiger partial charge in [0.25, 0.3) is 0 Å². The molecule has 0 saturated heterocycles. The first-order chi connectivity index (χ1) is 12.9. The van der Waals surface area contributed by atoms with Gasteiger partial charge in [0.2, 0.25) is 0 Å². The van der Waals surface area contributed by atoms with Crippen LogP contribution in [0.15, 0.2) is 57.7 Å². The lowest BCUT2D eigenvalue weighted by atomic mass is 10.1. The first kappa shape index (κ1) is 18.4. The first-order valence-corrected chi connectivity index (χ1v) is 8.33. The van der Waals surface area contributed by atoms with Crippen molar-refractivity contribution in [1.82, 2.24) is 0 Å². The Morgan fingerprint density at radius 1 is 1.19 bits per heavy atom. The topological polar surface area (TPSA) is 97.0 Å². The second-order valence-corrected chi connectivity index (χ2v) is 6.06. The highest BCUT2D eigenvalue weighted by molar-refractivity contribution is 5.92. The highest BCUT2D eigenvalue weighted by atomic mass is 16.5. The Labute approximate surface area is 155 Å². The molecule has 1 atom stereocenters. The first-order valence-electron chi connectivity index (χ1n) is 8.33. The lowest BCUT2D eigenvalue weighted by molar-refractivity contribution is 0.0697. The average molecular weight is 366 g/mol. The summed E-state index contributed by atoms with van der Waals surface area (Å²) in [6.07, 6.45) is 2.79. The molecule has 6 heteroatoms. The fraction of sp³-hybridized carbons (Fsp3) is 0.143. The van der Waals surface area contributed by atoms with E-state index in [1.54, 1.807) is 25.1 Å². The Bertz CT molecular complexity index is 1060. The SMILES string of the molecule is CC(O)COc1ccccc1C=Cc1cc(=O)c2cc(C(=O)O)ccc2o1. The molecule has 0 spiro atoms. The predicted molar refractivity (Wildman–Crippen MR) is 102 cm³/mol. The number of benzene rings is 2. The number of rotatable bonds is 6. The number of aliphatic hydroxyl groups is 1. The molecule has 1 heterocycles. The number of fused-ring (bicyclic) bond motifs is 1. The van der Waals surface area contributed by atoms with E-state index in [1.807, 2.05) is 18.2 Å². The zero-order valence-electron chi connectivity index (χ0n) is 14.6. The molecule has 0 fully saturated rings. The van der Waals surface area contributed by atoms with Crippen molar-refractivity contribution in [2.24, 2.45) is 0 Å². The van der Waals surface area contributed by atoms with Crippen LogP contribution in [0.4, 0.5) is 0 Å². The van der Waals surface area contributed by atoms with Gasteiger partial charge in [0.15, 0.2) is 5.43 Å². The van der Waals surface area contributed by atoms with Gasteiger partial charge in [-0.2, -0.15) is 0 Å². The van der Waals surface area contributed by atoms with Crippen molar-refractivity contribution >= 4 is 29.1 Å². The maximum atomic E-state index is 12.3. The molecule has 0 aliphatic rings. The van der Waals surface area contributed by atoms with Gasteiger partial charge in [0.05, 0.1) is 17.1 Å². The highest BCUT2D eigenvalue weighted by Crippen LogP contribution is 2.22. The van der Waals surface area contributed by atoms with Gasteiger partial charge < -0.3 is 19.4 Å². The van der Waals surface area contributed by atoms with E-state index >= 15 is 0 Å². The van der Waals surface area contributed by atoms with Gasteiger partial charge in [-0.3, -0.25) is 4.79 Å². The Morgan fingerprint density at radius 3 is 2.70 bits per heavy atom. The maximum absolute atomic E-state index is 12.3. The van der Waals surface area contributed by atoms with Crippen LogP contribution in [0.3, 0.4) is 0 Å². The summed E-state index contributed by atoms with van der Waals surface area (Å²) < 4.78 is 11.2. The zero-order valence-corrected chi connectivity index (χ0v) is 14.6. The Hall–Kier alpha value is -3.38. The quantitative estimate of drug-likeness (QED) is 0.694. The molecule has 3 rings (SSSR count). The lowest BCUT2D eigenvalue weighted by Crippen LogP contribution is -2.13. The molecule has 1 unspecified atom stereocenters. The largest absolute Gasteiger partial charge is 0.490 e. The third-order valence-electron chi connectivity index (χ3n) is 3.82. The van der Waals surface area contributed by atoms with E-state index in [-0.39, 0.29) is 23.0 Å². The second-order valence-electron chi connectivity index (χ2n) is 6.06. The Balaban J connectivity index is 1.92. The number of carbonyl (C=O) groups is 1. The number of ether oxygens (including phenoxy) is 1. The molecule has 138 valence electrons. The number of aliphatic hydroxyl groups excluding tert-OH is 1. The van der Waals surface area contributed by atoms with Gasteiger partial charge in [-0.1, -0.05) is 18.2 Å². The fourth-order valence-corrected chi connectivity index (χ4v) is 2.52. The van der Waals surface area contributed by atoms with Crippen molar-refractivity contribution in [3.05, 3.63) is 75.6 Å².